The summed E-state index contributed by atoms with van der Waals surface area (Å²) < 4.78 is 0. The minimum absolute atomic E-state index is 0.516. The van der Waals surface area contributed by atoms with Crippen molar-refractivity contribution in [3.05, 3.63) is 138 Å². The van der Waals surface area contributed by atoms with Crippen LogP contribution in [0.3, 0.4) is 0 Å². The number of aliphatic hydroxyl groups excluding tert-OH is 1. The molecule has 4 aromatic carbocycles. The molecule has 0 unspecified atom stereocenters. The van der Waals surface area contributed by atoms with E-state index in [9.17, 15) is 5.11 Å². The van der Waals surface area contributed by atoms with Crippen LogP contribution >= 0.6 is 18.6 Å². The number of hydrogen-bond donors (Lipinski definition) is 1. The van der Waals surface area contributed by atoms with Gasteiger partial charge in [-0.2, -0.15) is 0 Å². The Kier molecular flexibility index (Phi) is 12.0. The summed E-state index contributed by atoms with van der Waals surface area (Å²) in [6, 6.07) is 35.7. The van der Waals surface area contributed by atoms with Gasteiger partial charge in [0.15, 0.2) is 0 Å². The molecule has 1 aliphatic carbocycles. The predicted molar refractivity (Wildman–Crippen MR) is 151 cm³/mol. The third-order valence-electron chi connectivity index (χ3n) is 5.73. The van der Waals surface area contributed by atoms with Crippen LogP contribution in [0.5, 0.6) is 0 Å². The second kappa shape index (κ2) is 15.2. The van der Waals surface area contributed by atoms with Gasteiger partial charge in [-0.15, -0.1) is 35.2 Å². The van der Waals surface area contributed by atoms with Crippen LogP contribution in [0.4, 0.5) is 0 Å². The minimum atomic E-state index is -0.556. The van der Waals surface area contributed by atoms with Gasteiger partial charge >= 0.3 is 35.6 Å². The van der Waals surface area contributed by atoms with Gasteiger partial charge in [-0.25, -0.2) is 0 Å². The number of fused-ring (bicyclic) bond motifs is 1. The predicted octanol–water partition coefficient (Wildman–Crippen LogP) is 8.06. The van der Waals surface area contributed by atoms with Gasteiger partial charge in [0.05, 0.1) is 0 Å². The summed E-state index contributed by atoms with van der Waals surface area (Å²) in [5.74, 6) is 0. The maximum atomic E-state index is 9.99. The van der Waals surface area contributed by atoms with Crippen LogP contribution < -0.4 is 0 Å². The Morgan fingerprint density at radius 3 is 1.97 bits per heavy atom. The molecule has 5 heteroatoms. The molecule has 0 saturated carbocycles. The normalized spacial score (nSPS) is 12.3. The summed E-state index contributed by atoms with van der Waals surface area (Å²) in [5, 5.41) is 12.4. The van der Waals surface area contributed by atoms with Crippen LogP contribution in [-0.2, 0) is 17.0 Å². The first-order chi connectivity index (χ1) is 17.5. The molecule has 5 rings (SSSR count). The number of nitrogens with zero attached hydrogens (tertiary/aromatic N) is 1. The van der Waals surface area contributed by atoms with Crippen LogP contribution in [0.15, 0.2) is 115 Å². The number of likely N-dealkylation sites (N-methyl/N-ethyl adjacent to an activating group) is 1. The topological polar surface area (TPSA) is 23.5 Å². The van der Waals surface area contributed by atoms with Gasteiger partial charge in [-0.3, -0.25) is 0 Å². The molecule has 0 spiro atoms. The van der Waals surface area contributed by atoms with Crippen LogP contribution in [0, 0.1) is 6.07 Å². The zero-order chi connectivity index (χ0) is 25.8. The molecule has 2 nitrogen and oxygen atoms in total. The zero-order valence-corrected chi connectivity index (χ0v) is 23.6. The number of rotatable bonds is 5. The second-order valence-corrected chi connectivity index (χ2v) is 11.2. The van der Waals surface area contributed by atoms with Gasteiger partial charge in [0, 0.05) is 6.54 Å². The molecule has 0 aliphatic heterocycles. The Labute approximate surface area is 231 Å². The SMILES string of the molecule is CN(C)CC1=C(c2[c-]c3ccccc3cc2)CC=C1.OC(c1ccccc1)c1ccccc1.[Cl][Ti][Cl]. The van der Waals surface area contributed by atoms with E-state index in [-0.39, 0.29) is 0 Å². The molecule has 0 aromatic heterocycles. The molecule has 0 atom stereocenters. The van der Waals surface area contributed by atoms with E-state index >= 15 is 0 Å². The third-order valence-corrected chi connectivity index (χ3v) is 5.73. The first kappa shape index (κ1) is 28.4. The molecule has 1 aliphatic rings. The van der Waals surface area contributed by atoms with Gasteiger partial charge in [-0.05, 0) is 31.6 Å². The van der Waals surface area contributed by atoms with E-state index in [1.807, 2.05) is 60.7 Å². The van der Waals surface area contributed by atoms with Crippen LogP contribution in [0.25, 0.3) is 16.3 Å². The van der Waals surface area contributed by atoms with E-state index in [1.165, 1.54) is 27.5 Å². The molecule has 0 amide bonds. The molecule has 36 heavy (non-hydrogen) atoms. The monoisotopic (exact) mass is 550 g/mol. The maximum absolute atomic E-state index is 9.99. The second-order valence-electron chi connectivity index (χ2n) is 8.60. The van der Waals surface area contributed by atoms with Crippen LogP contribution in [0.1, 0.15) is 29.2 Å². The summed E-state index contributed by atoms with van der Waals surface area (Å²) in [6.07, 6.45) is 5.01. The molecule has 0 radical (unpaired) electrons. The Morgan fingerprint density at radius 2 is 1.39 bits per heavy atom. The number of aliphatic hydroxyl groups is 1. The van der Waals surface area contributed by atoms with E-state index in [4.69, 9.17) is 18.6 Å². The Hall–Kier alpha value is -2.17. The zero-order valence-electron chi connectivity index (χ0n) is 20.5. The molecule has 1 N–H and O–H groups in total. The standard InChI is InChI=1S/C18H18N.C13H12O.2ClH.Ti/c1-19(2)13-17-8-5-9-18(17)16-11-10-14-6-3-4-7-15(14)12-16;14-13(11-7-3-1-4-8-11)12-9-5-2-6-10-12;;;/h3-8,10-11H,9,13H2,1-2H3;1-10,13-14H;2*1H;/q-1;;;;+2/p-2. The summed E-state index contributed by atoms with van der Waals surface area (Å²) in [4.78, 5) is 2.21. The quantitative estimate of drug-likeness (QED) is 0.200. The molecule has 4 aromatic rings. The van der Waals surface area contributed by atoms with Crippen molar-refractivity contribution in [1.82, 2.24) is 4.90 Å². The first-order valence-corrected chi connectivity index (χ1v) is 16.0. The van der Waals surface area contributed by atoms with E-state index in [0.29, 0.717) is 0 Å². The molecule has 0 heterocycles. The van der Waals surface area contributed by atoms with Crippen molar-refractivity contribution in [2.75, 3.05) is 20.6 Å². The van der Waals surface area contributed by atoms with E-state index in [2.05, 4.69) is 73.6 Å². The van der Waals surface area contributed by atoms with Crippen molar-refractivity contribution in [2.45, 2.75) is 12.5 Å². The van der Waals surface area contributed by atoms with Crippen molar-refractivity contribution in [3.63, 3.8) is 0 Å². The number of allylic oxidation sites excluding steroid dienone is 2. The first-order valence-electron chi connectivity index (χ1n) is 11.7. The summed E-state index contributed by atoms with van der Waals surface area (Å²) in [6.45, 7) is 0.993. The fraction of sp³-hybridized carbons (Fsp3) is 0.161. The van der Waals surface area contributed by atoms with Crippen molar-refractivity contribution in [2.24, 2.45) is 0 Å². The van der Waals surface area contributed by atoms with Crippen molar-refractivity contribution in [3.8, 4) is 0 Å². The molecular weight excluding hydrogens is 521 g/mol. The average molecular weight is 551 g/mol. The average Bonchev–Trinajstić information content (AvgIpc) is 3.37. The fourth-order valence-electron chi connectivity index (χ4n) is 4.08. The molecule has 0 fully saturated rings. The van der Waals surface area contributed by atoms with Gasteiger partial charge in [0.25, 0.3) is 0 Å². The van der Waals surface area contributed by atoms with Crippen molar-refractivity contribution < 1.29 is 22.1 Å². The summed E-state index contributed by atoms with van der Waals surface area (Å²) in [7, 11) is 14.0. The van der Waals surface area contributed by atoms with Gasteiger partial charge in [0.1, 0.15) is 6.10 Å². The van der Waals surface area contributed by atoms with Crippen LogP contribution in [-0.4, -0.2) is 30.6 Å². The molecule has 184 valence electrons. The fourth-order valence-corrected chi connectivity index (χ4v) is 4.08. The van der Waals surface area contributed by atoms with E-state index in [1.54, 1.807) is 0 Å². The van der Waals surface area contributed by atoms with Gasteiger partial charge in [-0.1, -0.05) is 108 Å². The van der Waals surface area contributed by atoms with Gasteiger partial charge in [0.2, 0.25) is 0 Å². The number of benzene rings is 4. The molecule has 0 bridgehead atoms. The summed E-state index contributed by atoms with van der Waals surface area (Å²) >= 11 is -0.556. The van der Waals surface area contributed by atoms with Crippen molar-refractivity contribution in [1.29, 1.82) is 0 Å². The number of hydrogen-bond acceptors (Lipinski definition) is 2. The third kappa shape index (κ3) is 8.45. The van der Waals surface area contributed by atoms with E-state index in [0.717, 1.165) is 24.1 Å². The van der Waals surface area contributed by atoms with Crippen molar-refractivity contribution >= 4 is 35.0 Å². The van der Waals surface area contributed by atoms with Crippen LogP contribution in [0.2, 0.25) is 0 Å². The Morgan fingerprint density at radius 1 is 0.833 bits per heavy atom. The van der Waals surface area contributed by atoms with Gasteiger partial charge < -0.3 is 10.0 Å². The van der Waals surface area contributed by atoms with E-state index < -0.39 is 23.1 Å². The summed E-state index contributed by atoms with van der Waals surface area (Å²) in [5.41, 5.74) is 5.92. The molecular formula is C31H30Cl2NOTi-. The molecule has 0 saturated heterocycles. The Bertz CT molecular complexity index is 1230. The number of halogens is 2. The Balaban J connectivity index is 0.000000188.